The van der Waals surface area contributed by atoms with Crippen molar-refractivity contribution in [3.05, 3.63) is 95.8 Å². The van der Waals surface area contributed by atoms with Crippen LogP contribution in [0, 0.1) is 13.8 Å². The molecule has 8 nitrogen and oxygen atoms in total. The lowest BCUT2D eigenvalue weighted by molar-refractivity contribution is -0.115. The third kappa shape index (κ3) is 6.36. The van der Waals surface area contributed by atoms with E-state index in [0.717, 1.165) is 52.4 Å². The molecule has 9 heteroatoms. The average Bonchev–Trinajstić information content (AvgIpc) is 3.60. The monoisotopic (exact) mass is 564 g/mol. The van der Waals surface area contributed by atoms with Crippen LogP contribution >= 0.6 is 12.2 Å². The van der Waals surface area contributed by atoms with E-state index >= 15 is 0 Å². The fraction of sp³-hybridized carbons (Fsp3) is 0.188. The molecule has 0 unspecified atom stereocenters. The van der Waals surface area contributed by atoms with Gasteiger partial charge >= 0.3 is 0 Å². The number of aromatic nitrogens is 3. The van der Waals surface area contributed by atoms with Crippen LogP contribution < -0.4 is 15.5 Å². The van der Waals surface area contributed by atoms with Crippen LogP contribution in [0.25, 0.3) is 34.1 Å². The molecule has 0 atom stereocenters. The van der Waals surface area contributed by atoms with E-state index in [1.54, 1.807) is 10.9 Å². The van der Waals surface area contributed by atoms with Crippen LogP contribution in [0.2, 0.25) is 0 Å². The highest BCUT2D eigenvalue weighted by atomic mass is 32.1. The first-order valence-corrected chi connectivity index (χ1v) is 13.9. The number of hydrogen-bond acceptors (Lipinski definition) is 6. The molecule has 0 saturated carbocycles. The molecule has 2 aromatic heterocycles. The lowest BCUT2D eigenvalue weighted by Crippen LogP contribution is -2.33. The SMILES string of the molecule is CCN(CC)c1ccc(-n2nc3cc(C)c(NC(=S)NC(=O)/C=C/c4ccc(-c5ccccc5)o4)cc3n2)c(C)c1. The smallest absolute Gasteiger partial charge is 0.250 e. The molecule has 0 fully saturated rings. The zero-order valence-electron chi connectivity index (χ0n) is 23.5. The normalized spacial score (nSPS) is 11.2. The van der Waals surface area contributed by atoms with E-state index in [0.29, 0.717) is 11.3 Å². The number of benzene rings is 3. The quantitative estimate of drug-likeness (QED) is 0.161. The zero-order chi connectivity index (χ0) is 28.9. The standard InChI is InChI=1S/C32H32N6O2S/c1-5-37(6-2)24-12-15-29(22(4)18-24)38-35-27-19-21(3)26(20-28(27)36-38)33-32(41)34-31(39)17-14-25-13-16-30(40-25)23-10-8-7-9-11-23/h7-20H,5-6H2,1-4H3,(H2,33,34,39,41)/b17-14+. The van der Waals surface area contributed by atoms with E-state index in [1.807, 2.05) is 61.5 Å². The second kappa shape index (κ2) is 12.2. The average molecular weight is 565 g/mol. The highest BCUT2D eigenvalue weighted by Gasteiger charge is 2.13. The van der Waals surface area contributed by atoms with E-state index in [4.69, 9.17) is 26.8 Å². The predicted octanol–water partition coefficient (Wildman–Crippen LogP) is 6.67. The fourth-order valence-corrected chi connectivity index (χ4v) is 4.84. The van der Waals surface area contributed by atoms with Crippen LogP contribution in [0.3, 0.4) is 0 Å². The molecule has 0 aliphatic rings. The van der Waals surface area contributed by atoms with Gasteiger partial charge in [0.2, 0.25) is 5.91 Å². The summed E-state index contributed by atoms with van der Waals surface area (Å²) >= 11 is 5.40. The molecule has 0 aliphatic heterocycles. The van der Waals surface area contributed by atoms with Crippen molar-refractivity contribution in [2.45, 2.75) is 27.7 Å². The van der Waals surface area contributed by atoms with E-state index in [-0.39, 0.29) is 11.0 Å². The van der Waals surface area contributed by atoms with E-state index in [1.165, 1.54) is 11.8 Å². The number of nitrogens with zero attached hydrogens (tertiary/aromatic N) is 4. The number of amides is 1. The number of hydrogen-bond donors (Lipinski definition) is 2. The van der Waals surface area contributed by atoms with Gasteiger partial charge < -0.3 is 14.6 Å². The summed E-state index contributed by atoms with van der Waals surface area (Å²) in [6.07, 6.45) is 2.99. The van der Waals surface area contributed by atoms with Crippen molar-refractivity contribution < 1.29 is 9.21 Å². The largest absolute Gasteiger partial charge is 0.457 e. The Bertz CT molecular complexity index is 1730. The Balaban J connectivity index is 1.25. The number of anilines is 2. The molecule has 5 rings (SSSR count). The lowest BCUT2D eigenvalue weighted by atomic mass is 10.1. The van der Waals surface area contributed by atoms with Crippen LogP contribution in [0.4, 0.5) is 11.4 Å². The molecular formula is C32H32N6O2S. The summed E-state index contributed by atoms with van der Waals surface area (Å²) in [5.41, 5.74) is 7.32. The molecule has 0 aliphatic carbocycles. The summed E-state index contributed by atoms with van der Waals surface area (Å²) < 4.78 is 5.81. The Labute approximate surface area is 244 Å². The molecule has 5 aromatic rings. The zero-order valence-corrected chi connectivity index (χ0v) is 24.3. The van der Waals surface area contributed by atoms with Gasteiger partial charge in [0.05, 0.1) is 5.69 Å². The molecule has 0 saturated heterocycles. The Morgan fingerprint density at radius 1 is 0.951 bits per heavy atom. The maximum atomic E-state index is 12.5. The molecule has 2 N–H and O–H groups in total. The van der Waals surface area contributed by atoms with Crippen molar-refractivity contribution in [1.29, 1.82) is 0 Å². The minimum atomic E-state index is -0.367. The number of carbonyl (C=O) groups is 1. The van der Waals surface area contributed by atoms with Gasteiger partial charge in [-0.25, -0.2) is 0 Å². The molecule has 41 heavy (non-hydrogen) atoms. The fourth-order valence-electron chi connectivity index (χ4n) is 4.62. The number of fused-ring (bicyclic) bond motifs is 1. The topological polar surface area (TPSA) is 88.2 Å². The number of furan rings is 1. The van der Waals surface area contributed by atoms with Crippen molar-refractivity contribution >= 4 is 51.7 Å². The minimum Gasteiger partial charge on any atom is -0.457 e. The van der Waals surface area contributed by atoms with Crippen LogP contribution in [0.1, 0.15) is 30.7 Å². The van der Waals surface area contributed by atoms with Gasteiger partial charge in [-0.15, -0.1) is 10.2 Å². The molecule has 2 heterocycles. The van der Waals surface area contributed by atoms with Gasteiger partial charge in [0.15, 0.2) is 5.11 Å². The third-order valence-corrected chi connectivity index (χ3v) is 7.02. The molecular weight excluding hydrogens is 532 g/mol. The first-order chi connectivity index (χ1) is 19.8. The van der Waals surface area contributed by atoms with E-state index in [2.05, 4.69) is 54.5 Å². The number of aryl methyl sites for hydroxylation is 2. The van der Waals surface area contributed by atoms with Gasteiger partial charge in [0, 0.05) is 36.1 Å². The second-order valence-electron chi connectivity index (χ2n) is 9.63. The summed E-state index contributed by atoms with van der Waals surface area (Å²) in [5, 5.41) is 15.4. The van der Waals surface area contributed by atoms with Crippen molar-refractivity contribution in [2.75, 3.05) is 23.3 Å². The summed E-state index contributed by atoms with van der Waals surface area (Å²) in [5.74, 6) is 0.936. The van der Waals surface area contributed by atoms with E-state index in [9.17, 15) is 4.79 Å². The van der Waals surface area contributed by atoms with Crippen LogP contribution in [-0.4, -0.2) is 39.1 Å². The second-order valence-corrected chi connectivity index (χ2v) is 10.0. The Hall–Kier alpha value is -4.76. The van der Waals surface area contributed by atoms with Crippen molar-refractivity contribution in [3.63, 3.8) is 0 Å². The molecule has 1 amide bonds. The third-order valence-electron chi connectivity index (χ3n) is 6.82. The van der Waals surface area contributed by atoms with Crippen molar-refractivity contribution in [1.82, 2.24) is 20.3 Å². The van der Waals surface area contributed by atoms with Gasteiger partial charge in [-0.2, -0.15) is 4.80 Å². The predicted molar refractivity (Wildman–Crippen MR) is 169 cm³/mol. The van der Waals surface area contributed by atoms with Crippen LogP contribution in [-0.2, 0) is 4.79 Å². The van der Waals surface area contributed by atoms with Crippen LogP contribution in [0.5, 0.6) is 0 Å². The number of nitrogens with one attached hydrogen (secondary N) is 2. The van der Waals surface area contributed by atoms with Crippen LogP contribution in [0.15, 0.2) is 83.3 Å². The summed E-state index contributed by atoms with van der Waals surface area (Å²) in [7, 11) is 0. The van der Waals surface area contributed by atoms with Crippen molar-refractivity contribution in [3.8, 4) is 17.0 Å². The first-order valence-electron chi connectivity index (χ1n) is 13.5. The molecule has 3 aromatic carbocycles. The Morgan fingerprint density at radius 3 is 2.39 bits per heavy atom. The lowest BCUT2D eigenvalue weighted by Gasteiger charge is -2.22. The number of thiocarbonyl (C=S) groups is 1. The summed E-state index contributed by atoms with van der Waals surface area (Å²) in [6.45, 7) is 10.2. The maximum absolute atomic E-state index is 12.5. The minimum absolute atomic E-state index is 0.182. The highest BCUT2D eigenvalue weighted by molar-refractivity contribution is 7.80. The number of rotatable bonds is 8. The molecule has 0 bridgehead atoms. The Kier molecular flexibility index (Phi) is 8.26. The summed E-state index contributed by atoms with van der Waals surface area (Å²) in [6, 6.07) is 23.6. The Morgan fingerprint density at radius 2 is 1.68 bits per heavy atom. The van der Waals surface area contributed by atoms with Gasteiger partial charge in [0.1, 0.15) is 22.6 Å². The summed E-state index contributed by atoms with van der Waals surface area (Å²) in [4.78, 5) is 16.5. The van der Waals surface area contributed by atoms with Crippen molar-refractivity contribution in [2.24, 2.45) is 0 Å². The molecule has 0 radical (unpaired) electrons. The first kappa shape index (κ1) is 27.8. The van der Waals surface area contributed by atoms with Gasteiger partial charge in [-0.3, -0.25) is 10.1 Å². The van der Waals surface area contributed by atoms with Gasteiger partial charge in [-0.1, -0.05) is 30.3 Å². The van der Waals surface area contributed by atoms with Gasteiger partial charge in [-0.05, 0) is 99.6 Å². The number of carbonyl (C=O) groups excluding carboxylic acids is 1. The maximum Gasteiger partial charge on any atom is 0.250 e. The van der Waals surface area contributed by atoms with E-state index < -0.39 is 0 Å². The molecule has 208 valence electrons. The van der Waals surface area contributed by atoms with Gasteiger partial charge in [0.25, 0.3) is 0 Å². The highest BCUT2D eigenvalue weighted by Crippen LogP contribution is 2.25. The molecule has 0 spiro atoms.